The van der Waals surface area contributed by atoms with Crippen LogP contribution in [0.3, 0.4) is 0 Å². The molecule has 0 aliphatic rings. The molecule has 2 rings (SSSR count). The maximum atomic E-state index is 13.7. The number of amides is 1. The van der Waals surface area contributed by atoms with E-state index in [1.54, 1.807) is 32.2 Å². The van der Waals surface area contributed by atoms with Crippen molar-refractivity contribution in [2.75, 3.05) is 20.3 Å². The Labute approximate surface area is 120 Å². The second-order valence-electron chi connectivity index (χ2n) is 4.15. The minimum atomic E-state index is -0.340. The van der Waals surface area contributed by atoms with E-state index in [1.807, 2.05) is 0 Å². The van der Waals surface area contributed by atoms with Crippen LogP contribution in [-0.2, 0) is 4.74 Å². The summed E-state index contributed by atoms with van der Waals surface area (Å²) in [4.78, 5) is 17.0. The van der Waals surface area contributed by atoms with Crippen molar-refractivity contribution in [2.45, 2.75) is 6.92 Å². The van der Waals surface area contributed by atoms with E-state index < -0.39 is 0 Å². The van der Waals surface area contributed by atoms with Crippen LogP contribution in [0.1, 0.15) is 15.4 Å². The zero-order valence-electron chi connectivity index (χ0n) is 11.3. The molecule has 0 unspecified atom stereocenters. The summed E-state index contributed by atoms with van der Waals surface area (Å²) in [5, 5.41) is 3.22. The SMILES string of the molecule is COCCNC(=O)c1nc(-c2ccccc2F)sc1C. The molecule has 0 saturated carbocycles. The average molecular weight is 294 g/mol. The Morgan fingerprint density at radius 1 is 1.45 bits per heavy atom. The number of carbonyl (C=O) groups excluding carboxylic acids is 1. The van der Waals surface area contributed by atoms with Crippen LogP contribution in [0.4, 0.5) is 4.39 Å². The molecule has 0 spiro atoms. The van der Waals surface area contributed by atoms with Gasteiger partial charge in [-0.25, -0.2) is 9.37 Å². The van der Waals surface area contributed by atoms with Gasteiger partial charge in [-0.2, -0.15) is 0 Å². The standard InChI is InChI=1S/C14H15FN2O2S/c1-9-12(13(18)16-7-8-19-2)17-14(20-9)10-5-3-4-6-11(10)15/h3-6H,7-8H2,1-2H3,(H,16,18). The molecule has 0 fully saturated rings. The summed E-state index contributed by atoms with van der Waals surface area (Å²) >= 11 is 1.31. The fourth-order valence-electron chi connectivity index (χ4n) is 1.71. The van der Waals surface area contributed by atoms with Gasteiger partial charge in [0.05, 0.1) is 6.61 Å². The highest BCUT2D eigenvalue weighted by molar-refractivity contribution is 7.15. The lowest BCUT2D eigenvalue weighted by molar-refractivity contribution is 0.0932. The molecule has 2 aromatic rings. The Kier molecular flexibility index (Phi) is 4.81. The molecule has 106 valence electrons. The smallest absolute Gasteiger partial charge is 0.271 e. The summed E-state index contributed by atoms with van der Waals surface area (Å²) in [6, 6.07) is 6.40. The first-order chi connectivity index (χ1) is 9.63. The Morgan fingerprint density at radius 2 is 2.20 bits per heavy atom. The van der Waals surface area contributed by atoms with Gasteiger partial charge >= 0.3 is 0 Å². The van der Waals surface area contributed by atoms with Crippen LogP contribution in [-0.4, -0.2) is 31.2 Å². The predicted molar refractivity (Wildman–Crippen MR) is 76.5 cm³/mol. The number of rotatable bonds is 5. The maximum Gasteiger partial charge on any atom is 0.271 e. The number of benzene rings is 1. The third-order valence-electron chi connectivity index (χ3n) is 2.71. The van der Waals surface area contributed by atoms with Crippen LogP contribution in [0.25, 0.3) is 10.6 Å². The average Bonchev–Trinajstić information content (AvgIpc) is 2.81. The van der Waals surface area contributed by atoms with Gasteiger partial charge in [-0.05, 0) is 19.1 Å². The Hall–Kier alpha value is -1.79. The van der Waals surface area contributed by atoms with Gasteiger partial charge in [0.2, 0.25) is 0 Å². The van der Waals surface area contributed by atoms with E-state index in [4.69, 9.17) is 4.74 Å². The van der Waals surface area contributed by atoms with Crippen molar-refractivity contribution >= 4 is 17.2 Å². The third kappa shape index (κ3) is 3.20. The third-order valence-corrected chi connectivity index (χ3v) is 3.71. The van der Waals surface area contributed by atoms with Crippen molar-refractivity contribution in [3.63, 3.8) is 0 Å². The van der Waals surface area contributed by atoms with Crippen molar-refractivity contribution in [1.29, 1.82) is 0 Å². The molecule has 0 bridgehead atoms. The molecule has 1 aromatic carbocycles. The molecule has 20 heavy (non-hydrogen) atoms. The number of hydrogen-bond donors (Lipinski definition) is 1. The van der Waals surface area contributed by atoms with Gasteiger partial charge in [-0.3, -0.25) is 4.79 Å². The molecule has 6 heteroatoms. The number of ether oxygens (including phenoxy) is 1. The van der Waals surface area contributed by atoms with Gasteiger partial charge in [0.25, 0.3) is 5.91 Å². The molecule has 0 aliphatic carbocycles. The summed E-state index contributed by atoms with van der Waals surface area (Å²) in [6.45, 7) is 2.66. The lowest BCUT2D eigenvalue weighted by Gasteiger charge is -2.02. The number of aromatic nitrogens is 1. The van der Waals surface area contributed by atoms with E-state index in [2.05, 4.69) is 10.3 Å². The number of thiazole rings is 1. The zero-order valence-corrected chi connectivity index (χ0v) is 12.1. The second kappa shape index (κ2) is 6.58. The number of hydrogen-bond acceptors (Lipinski definition) is 4. The fourth-order valence-corrected chi connectivity index (χ4v) is 2.64. The molecule has 1 N–H and O–H groups in total. The van der Waals surface area contributed by atoms with Gasteiger partial charge in [0, 0.05) is 24.1 Å². The fraction of sp³-hybridized carbons (Fsp3) is 0.286. The quantitative estimate of drug-likeness (QED) is 0.863. The molecular formula is C14H15FN2O2S. The molecule has 0 atom stereocenters. The molecule has 4 nitrogen and oxygen atoms in total. The second-order valence-corrected chi connectivity index (χ2v) is 5.36. The van der Waals surface area contributed by atoms with Crippen molar-refractivity contribution in [3.05, 3.63) is 40.7 Å². The molecular weight excluding hydrogens is 279 g/mol. The Bertz CT molecular complexity index is 613. The van der Waals surface area contributed by atoms with E-state index in [9.17, 15) is 9.18 Å². The highest BCUT2D eigenvalue weighted by Gasteiger charge is 2.17. The number of aryl methyl sites for hydroxylation is 1. The Balaban J connectivity index is 2.22. The van der Waals surface area contributed by atoms with Crippen molar-refractivity contribution in [1.82, 2.24) is 10.3 Å². The first kappa shape index (κ1) is 14.6. The lowest BCUT2D eigenvalue weighted by atomic mass is 10.2. The van der Waals surface area contributed by atoms with Gasteiger partial charge in [-0.15, -0.1) is 11.3 Å². The van der Waals surface area contributed by atoms with Gasteiger partial charge < -0.3 is 10.1 Å². The minimum Gasteiger partial charge on any atom is -0.383 e. The molecule has 1 amide bonds. The van der Waals surface area contributed by atoms with E-state index in [1.165, 1.54) is 17.4 Å². The number of halogens is 1. The minimum absolute atomic E-state index is 0.265. The first-order valence-corrected chi connectivity index (χ1v) is 6.94. The summed E-state index contributed by atoms with van der Waals surface area (Å²) < 4.78 is 18.6. The molecule has 0 saturated heterocycles. The highest BCUT2D eigenvalue weighted by atomic mass is 32.1. The molecule has 0 radical (unpaired) electrons. The number of methoxy groups -OCH3 is 1. The normalized spacial score (nSPS) is 10.6. The van der Waals surface area contributed by atoms with Crippen LogP contribution < -0.4 is 5.32 Å². The van der Waals surface area contributed by atoms with Crippen LogP contribution in [0.15, 0.2) is 24.3 Å². The van der Waals surface area contributed by atoms with E-state index in [0.29, 0.717) is 29.4 Å². The molecule has 0 aliphatic heterocycles. The van der Waals surface area contributed by atoms with Crippen LogP contribution in [0.2, 0.25) is 0 Å². The monoisotopic (exact) mass is 294 g/mol. The summed E-state index contributed by atoms with van der Waals surface area (Å²) in [6.07, 6.45) is 0. The van der Waals surface area contributed by atoms with Crippen LogP contribution >= 0.6 is 11.3 Å². The summed E-state index contributed by atoms with van der Waals surface area (Å²) in [7, 11) is 1.57. The summed E-state index contributed by atoms with van der Waals surface area (Å²) in [5.41, 5.74) is 0.751. The summed E-state index contributed by atoms with van der Waals surface area (Å²) in [5.74, 6) is -0.606. The first-order valence-electron chi connectivity index (χ1n) is 6.13. The number of nitrogens with one attached hydrogen (secondary N) is 1. The van der Waals surface area contributed by atoms with Crippen LogP contribution in [0.5, 0.6) is 0 Å². The van der Waals surface area contributed by atoms with Crippen molar-refractivity contribution < 1.29 is 13.9 Å². The number of nitrogens with zero attached hydrogens (tertiary/aromatic N) is 1. The zero-order chi connectivity index (χ0) is 14.5. The highest BCUT2D eigenvalue weighted by Crippen LogP contribution is 2.29. The lowest BCUT2D eigenvalue weighted by Crippen LogP contribution is -2.27. The van der Waals surface area contributed by atoms with Crippen molar-refractivity contribution in [2.24, 2.45) is 0 Å². The molecule has 1 aromatic heterocycles. The predicted octanol–water partition coefficient (Wildman–Crippen LogP) is 2.63. The topological polar surface area (TPSA) is 51.2 Å². The van der Waals surface area contributed by atoms with E-state index in [-0.39, 0.29) is 11.7 Å². The van der Waals surface area contributed by atoms with Gasteiger partial charge in [-0.1, -0.05) is 12.1 Å². The van der Waals surface area contributed by atoms with E-state index >= 15 is 0 Å². The largest absolute Gasteiger partial charge is 0.383 e. The van der Waals surface area contributed by atoms with Gasteiger partial charge in [0.15, 0.2) is 0 Å². The van der Waals surface area contributed by atoms with Crippen molar-refractivity contribution in [3.8, 4) is 10.6 Å². The Morgan fingerprint density at radius 3 is 2.90 bits per heavy atom. The van der Waals surface area contributed by atoms with Crippen LogP contribution in [0, 0.1) is 12.7 Å². The van der Waals surface area contributed by atoms with E-state index in [0.717, 1.165) is 4.88 Å². The van der Waals surface area contributed by atoms with Gasteiger partial charge in [0.1, 0.15) is 16.5 Å². The maximum absolute atomic E-state index is 13.7. The molecule has 1 heterocycles. The number of carbonyl (C=O) groups is 1.